The van der Waals surface area contributed by atoms with Crippen molar-refractivity contribution in [3.05, 3.63) is 53.9 Å². The van der Waals surface area contributed by atoms with E-state index in [0.717, 1.165) is 24.1 Å². The van der Waals surface area contributed by atoms with Crippen LogP contribution in [0.4, 0.5) is 0 Å². The number of aromatic nitrogens is 1. The van der Waals surface area contributed by atoms with Crippen LogP contribution in [-0.2, 0) is 16.6 Å². The van der Waals surface area contributed by atoms with Gasteiger partial charge in [0.05, 0.1) is 4.90 Å². The molecule has 1 aliphatic carbocycles. The Morgan fingerprint density at radius 3 is 2.48 bits per heavy atom. The number of hydrogen-bond acceptors (Lipinski definition) is 3. The van der Waals surface area contributed by atoms with Crippen LogP contribution in [0.5, 0.6) is 0 Å². The molecule has 0 saturated heterocycles. The quantitative estimate of drug-likeness (QED) is 0.912. The molecule has 124 valence electrons. The van der Waals surface area contributed by atoms with E-state index in [-0.39, 0.29) is 0 Å². The Kier molecular flexibility index (Phi) is 4.87. The fourth-order valence-electron chi connectivity index (χ4n) is 3.43. The van der Waals surface area contributed by atoms with Crippen molar-refractivity contribution in [2.75, 3.05) is 7.05 Å². The Labute approximate surface area is 138 Å². The van der Waals surface area contributed by atoms with Crippen molar-refractivity contribution in [2.24, 2.45) is 0 Å². The molecule has 1 N–H and O–H groups in total. The monoisotopic (exact) mass is 332 g/mol. The van der Waals surface area contributed by atoms with E-state index in [2.05, 4.69) is 11.4 Å². The molecule has 1 aromatic heterocycles. The topological polar surface area (TPSA) is 51.1 Å². The van der Waals surface area contributed by atoms with Gasteiger partial charge in [0.25, 0.3) is 10.0 Å². The number of nitrogens with zero attached hydrogens (tertiary/aromatic N) is 1. The van der Waals surface area contributed by atoms with Gasteiger partial charge in [-0.25, -0.2) is 12.4 Å². The summed E-state index contributed by atoms with van der Waals surface area (Å²) in [5, 5.41) is 3.11. The van der Waals surface area contributed by atoms with E-state index in [0.29, 0.717) is 17.4 Å². The lowest BCUT2D eigenvalue weighted by Gasteiger charge is -2.23. The summed E-state index contributed by atoms with van der Waals surface area (Å²) < 4.78 is 27.6. The second-order valence-electron chi connectivity index (χ2n) is 6.25. The highest BCUT2D eigenvalue weighted by atomic mass is 32.2. The van der Waals surface area contributed by atoms with Gasteiger partial charge in [-0.15, -0.1) is 0 Å². The molecule has 5 heteroatoms. The molecule has 0 spiro atoms. The lowest BCUT2D eigenvalue weighted by Crippen LogP contribution is -2.18. The largest absolute Gasteiger partial charge is 0.316 e. The van der Waals surface area contributed by atoms with Crippen LogP contribution >= 0.6 is 0 Å². The first-order valence-corrected chi connectivity index (χ1v) is 9.73. The highest BCUT2D eigenvalue weighted by Gasteiger charge is 2.26. The van der Waals surface area contributed by atoms with Gasteiger partial charge in [0, 0.05) is 24.4 Å². The lowest BCUT2D eigenvalue weighted by atomic mass is 9.87. The van der Waals surface area contributed by atoms with Gasteiger partial charge >= 0.3 is 0 Å². The van der Waals surface area contributed by atoms with Crippen LogP contribution in [0, 0.1) is 0 Å². The van der Waals surface area contributed by atoms with Crippen molar-refractivity contribution in [3.8, 4) is 0 Å². The van der Waals surface area contributed by atoms with Crippen LogP contribution < -0.4 is 5.32 Å². The molecule has 23 heavy (non-hydrogen) atoms. The third kappa shape index (κ3) is 3.35. The summed E-state index contributed by atoms with van der Waals surface area (Å²) in [5.41, 5.74) is 1.96. The van der Waals surface area contributed by atoms with E-state index in [1.807, 2.05) is 13.1 Å². The summed E-state index contributed by atoms with van der Waals surface area (Å²) in [6.45, 7) is 0.678. The zero-order chi connectivity index (χ0) is 16.3. The van der Waals surface area contributed by atoms with Gasteiger partial charge < -0.3 is 5.32 Å². The van der Waals surface area contributed by atoms with Gasteiger partial charge in [0.2, 0.25) is 0 Å². The van der Waals surface area contributed by atoms with Crippen molar-refractivity contribution in [3.63, 3.8) is 0 Å². The van der Waals surface area contributed by atoms with Crippen molar-refractivity contribution >= 4 is 10.0 Å². The summed E-state index contributed by atoms with van der Waals surface area (Å²) in [6.07, 6.45) is 7.56. The summed E-state index contributed by atoms with van der Waals surface area (Å²) in [5.74, 6) is 0.341. The Morgan fingerprint density at radius 2 is 1.83 bits per heavy atom. The first-order chi connectivity index (χ1) is 11.1. The smallest absolute Gasteiger partial charge is 0.267 e. The maximum Gasteiger partial charge on any atom is 0.267 e. The molecule has 0 atom stereocenters. The van der Waals surface area contributed by atoms with E-state index < -0.39 is 10.0 Å². The summed E-state index contributed by atoms with van der Waals surface area (Å²) in [4.78, 5) is 0.351. The highest BCUT2D eigenvalue weighted by molar-refractivity contribution is 7.90. The number of benzene rings is 1. The molecule has 2 aromatic rings. The first-order valence-electron chi connectivity index (χ1n) is 8.29. The number of hydrogen-bond donors (Lipinski definition) is 1. The van der Waals surface area contributed by atoms with Crippen LogP contribution in [0.3, 0.4) is 0 Å². The van der Waals surface area contributed by atoms with Gasteiger partial charge in [0.1, 0.15) is 0 Å². The van der Waals surface area contributed by atoms with Crippen LogP contribution in [-0.4, -0.2) is 19.4 Å². The SMILES string of the molecule is CNCc1cc(C2CCCCC2)n(S(=O)(=O)c2ccccc2)c1. The molecule has 0 amide bonds. The van der Waals surface area contributed by atoms with Crippen molar-refractivity contribution in [1.29, 1.82) is 0 Å². The first kappa shape index (κ1) is 16.3. The van der Waals surface area contributed by atoms with Crippen LogP contribution in [0.15, 0.2) is 47.5 Å². The van der Waals surface area contributed by atoms with Gasteiger partial charge in [-0.3, -0.25) is 0 Å². The van der Waals surface area contributed by atoms with Crippen molar-refractivity contribution < 1.29 is 8.42 Å². The Hall–Kier alpha value is -1.59. The highest BCUT2D eigenvalue weighted by Crippen LogP contribution is 2.35. The Bertz CT molecular complexity index is 745. The average molecular weight is 332 g/mol. The lowest BCUT2D eigenvalue weighted by molar-refractivity contribution is 0.434. The average Bonchev–Trinajstić information content (AvgIpc) is 3.02. The third-order valence-electron chi connectivity index (χ3n) is 4.58. The van der Waals surface area contributed by atoms with E-state index in [1.54, 1.807) is 30.5 Å². The second-order valence-corrected chi connectivity index (χ2v) is 8.07. The molecule has 4 nitrogen and oxygen atoms in total. The van der Waals surface area contributed by atoms with Crippen LogP contribution in [0.2, 0.25) is 0 Å². The Morgan fingerprint density at radius 1 is 1.13 bits per heavy atom. The molecule has 1 fully saturated rings. The molecule has 1 heterocycles. The maximum absolute atomic E-state index is 13.1. The fourth-order valence-corrected chi connectivity index (χ4v) is 4.91. The standard InChI is InChI=1S/C18H24N2O2S/c1-19-13-15-12-18(16-8-4-2-5-9-16)20(14-15)23(21,22)17-10-6-3-7-11-17/h3,6-7,10-12,14,16,19H,2,4-5,8-9,13H2,1H3. The second kappa shape index (κ2) is 6.89. The summed E-state index contributed by atoms with van der Waals surface area (Å²) in [6, 6.07) is 10.8. The molecule has 1 saturated carbocycles. The zero-order valence-corrected chi connectivity index (χ0v) is 14.3. The van der Waals surface area contributed by atoms with E-state index in [4.69, 9.17) is 0 Å². The number of nitrogens with one attached hydrogen (secondary N) is 1. The van der Waals surface area contributed by atoms with Crippen molar-refractivity contribution in [1.82, 2.24) is 9.29 Å². The predicted octanol–water partition coefficient (Wildman–Crippen LogP) is 3.49. The van der Waals surface area contributed by atoms with E-state index in [1.165, 1.54) is 23.2 Å². The van der Waals surface area contributed by atoms with E-state index >= 15 is 0 Å². The molecule has 1 aliphatic rings. The molecule has 3 rings (SSSR count). The van der Waals surface area contributed by atoms with Gasteiger partial charge in [-0.1, -0.05) is 37.5 Å². The van der Waals surface area contributed by atoms with Gasteiger partial charge in [-0.2, -0.15) is 0 Å². The molecular weight excluding hydrogens is 308 g/mol. The normalized spacial score (nSPS) is 16.6. The maximum atomic E-state index is 13.1. The summed E-state index contributed by atoms with van der Waals surface area (Å²) in [7, 11) is -1.65. The minimum atomic E-state index is -3.53. The molecular formula is C18H24N2O2S. The zero-order valence-electron chi connectivity index (χ0n) is 13.5. The number of rotatable bonds is 5. The molecule has 0 unspecified atom stereocenters. The van der Waals surface area contributed by atoms with Crippen LogP contribution in [0.1, 0.15) is 49.3 Å². The minimum Gasteiger partial charge on any atom is -0.316 e. The van der Waals surface area contributed by atoms with Crippen molar-refractivity contribution in [2.45, 2.75) is 49.5 Å². The molecule has 1 aromatic carbocycles. The molecule has 0 radical (unpaired) electrons. The molecule has 0 aliphatic heterocycles. The molecule has 0 bridgehead atoms. The van der Waals surface area contributed by atoms with E-state index in [9.17, 15) is 8.42 Å². The Balaban J connectivity index is 2.06. The third-order valence-corrected chi connectivity index (χ3v) is 6.28. The van der Waals surface area contributed by atoms with Gasteiger partial charge in [0.15, 0.2) is 0 Å². The predicted molar refractivity (Wildman–Crippen MR) is 92.0 cm³/mol. The minimum absolute atomic E-state index is 0.341. The fraction of sp³-hybridized carbons (Fsp3) is 0.444. The van der Waals surface area contributed by atoms with Gasteiger partial charge in [-0.05, 0) is 43.7 Å². The van der Waals surface area contributed by atoms with Crippen LogP contribution in [0.25, 0.3) is 0 Å². The summed E-state index contributed by atoms with van der Waals surface area (Å²) >= 11 is 0.